The Hall–Kier alpha value is -3.61. The van der Waals surface area contributed by atoms with Crippen LogP contribution < -0.4 is 10.1 Å². The van der Waals surface area contributed by atoms with Crippen molar-refractivity contribution in [3.63, 3.8) is 0 Å². The van der Waals surface area contributed by atoms with Gasteiger partial charge in [-0.05, 0) is 56.7 Å². The molecule has 0 spiro atoms. The monoisotopic (exact) mass is 380 g/mol. The molecule has 0 saturated heterocycles. The second-order valence-corrected chi connectivity index (χ2v) is 6.43. The molecule has 0 radical (unpaired) electrons. The molecule has 0 atom stereocenters. The van der Waals surface area contributed by atoms with Crippen LogP contribution in [0.5, 0.6) is 5.75 Å². The fraction of sp³-hybridized carbons (Fsp3) is 0.190. The standard InChI is InChI=1S/C21H20N2O5/c1-12-8-15(21(25)26)10-16(9-12)22-20(24)17-6-4-5-7-19(17)27-11-18-13(2)23-28-14(18)3/h4-10H,11H2,1-3H3,(H,22,24)(H,25,26). The summed E-state index contributed by atoms with van der Waals surface area (Å²) in [7, 11) is 0. The van der Waals surface area contributed by atoms with Gasteiger partial charge in [0.25, 0.3) is 5.91 Å². The lowest BCUT2D eigenvalue weighted by Gasteiger charge is -2.12. The lowest BCUT2D eigenvalue weighted by molar-refractivity contribution is 0.0696. The molecule has 0 aliphatic carbocycles. The summed E-state index contributed by atoms with van der Waals surface area (Å²) in [5, 5.41) is 15.8. The van der Waals surface area contributed by atoms with Crippen LogP contribution in [-0.4, -0.2) is 22.1 Å². The first-order valence-corrected chi connectivity index (χ1v) is 8.65. The predicted octanol–water partition coefficient (Wildman–Crippen LogP) is 4.13. The van der Waals surface area contributed by atoms with E-state index in [0.717, 1.165) is 16.8 Å². The van der Waals surface area contributed by atoms with Gasteiger partial charge in [-0.3, -0.25) is 4.79 Å². The zero-order chi connectivity index (χ0) is 20.3. The van der Waals surface area contributed by atoms with Gasteiger partial charge in [-0.1, -0.05) is 17.3 Å². The normalized spacial score (nSPS) is 10.5. The van der Waals surface area contributed by atoms with Crippen LogP contribution in [0.3, 0.4) is 0 Å². The van der Waals surface area contributed by atoms with Crippen LogP contribution in [0.15, 0.2) is 47.0 Å². The number of hydrogen-bond donors (Lipinski definition) is 2. The molecule has 0 aliphatic heterocycles. The predicted molar refractivity (Wildman–Crippen MR) is 103 cm³/mol. The third kappa shape index (κ3) is 4.20. The van der Waals surface area contributed by atoms with Gasteiger partial charge in [0, 0.05) is 5.69 Å². The molecule has 0 unspecified atom stereocenters. The van der Waals surface area contributed by atoms with Gasteiger partial charge in [-0.25, -0.2) is 4.79 Å². The number of carboxylic acid groups (broad SMARTS) is 1. The highest BCUT2D eigenvalue weighted by atomic mass is 16.5. The highest BCUT2D eigenvalue weighted by Crippen LogP contribution is 2.23. The van der Waals surface area contributed by atoms with Gasteiger partial charge in [0.05, 0.1) is 22.4 Å². The number of carbonyl (C=O) groups is 2. The van der Waals surface area contributed by atoms with Crippen molar-refractivity contribution in [2.24, 2.45) is 0 Å². The molecule has 7 heteroatoms. The Morgan fingerprint density at radius 3 is 2.57 bits per heavy atom. The number of amides is 1. The maximum Gasteiger partial charge on any atom is 0.335 e. The van der Waals surface area contributed by atoms with Crippen molar-refractivity contribution >= 4 is 17.6 Å². The van der Waals surface area contributed by atoms with E-state index in [1.54, 1.807) is 50.2 Å². The summed E-state index contributed by atoms with van der Waals surface area (Å²) in [6, 6.07) is 11.5. The number of benzene rings is 2. The molecule has 0 saturated carbocycles. The molecule has 28 heavy (non-hydrogen) atoms. The van der Waals surface area contributed by atoms with Crippen LogP contribution >= 0.6 is 0 Å². The molecule has 1 amide bonds. The van der Waals surface area contributed by atoms with Crippen molar-refractivity contribution < 1.29 is 24.0 Å². The largest absolute Gasteiger partial charge is 0.488 e. The van der Waals surface area contributed by atoms with E-state index in [0.29, 0.717) is 22.8 Å². The molecule has 3 aromatic rings. The number of rotatable bonds is 6. The van der Waals surface area contributed by atoms with E-state index in [1.165, 1.54) is 6.07 Å². The summed E-state index contributed by atoms with van der Waals surface area (Å²) in [5.41, 5.74) is 3.16. The number of carboxylic acids is 1. The molecule has 0 aliphatic rings. The van der Waals surface area contributed by atoms with Crippen molar-refractivity contribution in [3.05, 3.63) is 76.2 Å². The van der Waals surface area contributed by atoms with Gasteiger partial charge < -0.3 is 19.7 Å². The van der Waals surface area contributed by atoms with Gasteiger partial charge >= 0.3 is 5.97 Å². The van der Waals surface area contributed by atoms with Gasteiger partial charge in [0.2, 0.25) is 0 Å². The van der Waals surface area contributed by atoms with E-state index in [4.69, 9.17) is 9.26 Å². The lowest BCUT2D eigenvalue weighted by Crippen LogP contribution is -2.14. The second kappa shape index (κ2) is 7.96. The van der Waals surface area contributed by atoms with Crippen LogP contribution in [0.25, 0.3) is 0 Å². The Morgan fingerprint density at radius 1 is 1.14 bits per heavy atom. The number of aromatic carboxylic acids is 1. The smallest absolute Gasteiger partial charge is 0.335 e. The Balaban J connectivity index is 1.80. The zero-order valence-corrected chi connectivity index (χ0v) is 15.8. The highest BCUT2D eigenvalue weighted by molar-refractivity contribution is 6.06. The molecule has 7 nitrogen and oxygen atoms in total. The Labute approximate surface area is 161 Å². The number of nitrogens with zero attached hydrogens (tertiary/aromatic N) is 1. The third-order valence-electron chi connectivity index (χ3n) is 4.27. The van der Waals surface area contributed by atoms with Crippen LogP contribution in [-0.2, 0) is 6.61 Å². The lowest BCUT2D eigenvalue weighted by atomic mass is 10.1. The number of hydrogen-bond acceptors (Lipinski definition) is 5. The first kappa shape index (κ1) is 19.2. The van der Waals surface area contributed by atoms with Crippen LogP contribution in [0.1, 0.15) is 43.3 Å². The first-order chi connectivity index (χ1) is 13.3. The summed E-state index contributed by atoms with van der Waals surface area (Å²) in [6.45, 7) is 5.61. The van der Waals surface area contributed by atoms with E-state index in [1.807, 2.05) is 6.92 Å². The Bertz CT molecular complexity index is 1020. The minimum atomic E-state index is -1.05. The van der Waals surface area contributed by atoms with Crippen molar-refractivity contribution in [2.45, 2.75) is 27.4 Å². The number of para-hydroxylation sites is 1. The summed E-state index contributed by atoms with van der Waals surface area (Å²) in [4.78, 5) is 24.0. The minimum absolute atomic E-state index is 0.109. The van der Waals surface area contributed by atoms with Crippen LogP contribution in [0.2, 0.25) is 0 Å². The Morgan fingerprint density at radius 2 is 1.89 bits per heavy atom. The fourth-order valence-electron chi connectivity index (χ4n) is 2.82. The maximum atomic E-state index is 12.8. The second-order valence-electron chi connectivity index (χ2n) is 6.43. The molecule has 3 rings (SSSR count). The number of nitrogens with one attached hydrogen (secondary N) is 1. The van der Waals surface area contributed by atoms with Crippen molar-refractivity contribution in [2.75, 3.05) is 5.32 Å². The molecule has 1 aromatic heterocycles. The number of anilines is 1. The highest BCUT2D eigenvalue weighted by Gasteiger charge is 2.16. The summed E-state index contributed by atoms with van der Waals surface area (Å²) in [5.74, 6) is -0.370. The van der Waals surface area contributed by atoms with E-state index in [2.05, 4.69) is 10.5 Å². The molecule has 1 heterocycles. The number of aryl methyl sites for hydroxylation is 3. The van der Waals surface area contributed by atoms with Crippen molar-refractivity contribution in [1.82, 2.24) is 5.16 Å². The summed E-state index contributed by atoms with van der Waals surface area (Å²) < 4.78 is 11.0. The fourth-order valence-corrected chi connectivity index (χ4v) is 2.82. The summed E-state index contributed by atoms with van der Waals surface area (Å²) in [6.07, 6.45) is 0. The first-order valence-electron chi connectivity index (χ1n) is 8.65. The molecular weight excluding hydrogens is 360 g/mol. The third-order valence-corrected chi connectivity index (χ3v) is 4.27. The zero-order valence-electron chi connectivity index (χ0n) is 15.8. The molecule has 144 valence electrons. The van der Waals surface area contributed by atoms with Gasteiger partial charge in [-0.2, -0.15) is 0 Å². The van der Waals surface area contributed by atoms with Crippen LogP contribution in [0.4, 0.5) is 5.69 Å². The minimum Gasteiger partial charge on any atom is -0.488 e. The van der Waals surface area contributed by atoms with Gasteiger partial charge in [0.15, 0.2) is 0 Å². The average Bonchev–Trinajstić information content (AvgIpc) is 2.97. The SMILES string of the molecule is Cc1cc(NC(=O)c2ccccc2OCc2c(C)noc2C)cc(C(=O)O)c1. The quantitative estimate of drug-likeness (QED) is 0.667. The van der Waals surface area contributed by atoms with Crippen LogP contribution in [0, 0.1) is 20.8 Å². The molecule has 0 fully saturated rings. The number of ether oxygens (including phenoxy) is 1. The molecule has 2 N–H and O–H groups in total. The van der Waals surface area contributed by atoms with Gasteiger partial charge in [-0.15, -0.1) is 0 Å². The van der Waals surface area contributed by atoms with Gasteiger partial charge in [0.1, 0.15) is 18.1 Å². The van der Waals surface area contributed by atoms with E-state index in [-0.39, 0.29) is 12.2 Å². The number of aromatic nitrogens is 1. The maximum absolute atomic E-state index is 12.8. The van der Waals surface area contributed by atoms with Crippen molar-refractivity contribution in [1.29, 1.82) is 0 Å². The van der Waals surface area contributed by atoms with Crippen molar-refractivity contribution in [3.8, 4) is 5.75 Å². The van der Waals surface area contributed by atoms with E-state index < -0.39 is 11.9 Å². The van der Waals surface area contributed by atoms with E-state index >= 15 is 0 Å². The average molecular weight is 380 g/mol. The molecular formula is C21H20N2O5. The summed E-state index contributed by atoms with van der Waals surface area (Å²) >= 11 is 0. The molecule has 2 aromatic carbocycles. The topological polar surface area (TPSA) is 102 Å². The Kier molecular flexibility index (Phi) is 5.44. The molecule has 0 bridgehead atoms. The van der Waals surface area contributed by atoms with E-state index in [9.17, 15) is 14.7 Å². The number of carbonyl (C=O) groups excluding carboxylic acids is 1.